The molecule has 8 atom stereocenters. The van der Waals surface area contributed by atoms with Gasteiger partial charge in [0, 0.05) is 46.8 Å². The molecule has 27 heavy (non-hydrogen) atoms. The lowest BCUT2D eigenvalue weighted by molar-refractivity contribution is -0.159. The normalized spacial score (nSPS) is 41.9. The Morgan fingerprint density at radius 1 is 1.33 bits per heavy atom. The van der Waals surface area contributed by atoms with Crippen LogP contribution in [0.5, 0.6) is 0 Å². The Bertz CT molecular complexity index is 640. The van der Waals surface area contributed by atoms with Crippen LogP contribution >= 0.6 is 11.8 Å². The van der Waals surface area contributed by atoms with Gasteiger partial charge in [-0.3, -0.25) is 4.79 Å². The van der Waals surface area contributed by atoms with Crippen molar-refractivity contribution in [3.05, 3.63) is 10.6 Å². The molecule has 4 aliphatic rings. The summed E-state index contributed by atoms with van der Waals surface area (Å²) in [5.74, 6) is 0.454. The zero-order chi connectivity index (χ0) is 19.5. The van der Waals surface area contributed by atoms with Gasteiger partial charge in [0.2, 0.25) is 5.91 Å². The smallest absolute Gasteiger partial charge is 0.234 e. The summed E-state index contributed by atoms with van der Waals surface area (Å²) in [7, 11) is 2.12. The predicted octanol–water partition coefficient (Wildman–Crippen LogP) is 0.852. The molecule has 0 aromatic carbocycles. The molecule has 0 radical (unpaired) electrons. The summed E-state index contributed by atoms with van der Waals surface area (Å²) in [6, 6.07) is 0.283. The fraction of sp³-hybridized carbons (Fsp3) is 0.850. The van der Waals surface area contributed by atoms with E-state index < -0.39 is 6.10 Å². The number of aliphatic hydroxyl groups excluding tert-OH is 2. The number of carbonyl (C=O) groups is 1. The Kier molecular flexibility index (Phi) is 5.35. The first-order valence-corrected chi connectivity index (χ1v) is 11.2. The topological polar surface area (TPSA) is 76.0 Å². The summed E-state index contributed by atoms with van der Waals surface area (Å²) >= 11 is 1.88. The number of β-lactam (4-membered cyclic amide) rings is 1. The van der Waals surface area contributed by atoms with Crippen molar-refractivity contribution in [1.82, 2.24) is 15.1 Å². The summed E-state index contributed by atoms with van der Waals surface area (Å²) in [6.45, 7) is 8.90. The number of thioether (sulfide) groups is 1. The van der Waals surface area contributed by atoms with Crippen molar-refractivity contribution < 1.29 is 15.0 Å². The minimum absolute atomic E-state index is 0.0677. The van der Waals surface area contributed by atoms with Gasteiger partial charge in [0.05, 0.1) is 24.2 Å². The van der Waals surface area contributed by atoms with Crippen LogP contribution in [0.15, 0.2) is 10.6 Å². The minimum Gasteiger partial charge on any atom is -0.393 e. The molecule has 8 unspecified atom stereocenters. The zero-order valence-corrected chi connectivity index (χ0v) is 17.6. The van der Waals surface area contributed by atoms with Crippen LogP contribution in [0, 0.1) is 17.8 Å². The molecular formula is C20H33N3O3S. The molecule has 3 saturated heterocycles. The molecule has 0 saturated carbocycles. The molecule has 3 N–H and O–H groups in total. The third kappa shape index (κ3) is 3.25. The van der Waals surface area contributed by atoms with Crippen LogP contribution in [0.25, 0.3) is 0 Å². The van der Waals surface area contributed by atoms with E-state index in [1.807, 2.05) is 23.6 Å². The second-order valence-electron chi connectivity index (χ2n) is 9.00. The molecule has 3 fully saturated rings. The van der Waals surface area contributed by atoms with Gasteiger partial charge in [-0.25, -0.2) is 0 Å². The van der Waals surface area contributed by atoms with E-state index in [1.165, 1.54) is 4.91 Å². The first-order chi connectivity index (χ1) is 12.8. The highest BCUT2D eigenvalue weighted by Crippen LogP contribution is 2.51. The van der Waals surface area contributed by atoms with E-state index in [4.69, 9.17) is 0 Å². The number of nitrogens with one attached hydrogen (secondary N) is 1. The van der Waals surface area contributed by atoms with Crippen molar-refractivity contribution in [3.63, 3.8) is 0 Å². The molecule has 0 bridgehead atoms. The molecule has 6 nitrogen and oxygen atoms in total. The Morgan fingerprint density at radius 2 is 2.07 bits per heavy atom. The molecule has 0 aromatic heterocycles. The van der Waals surface area contributed by atoms with Crippen LogP contribution in [0.1, 0.15) is 33.6 Å². The van der Waals surface area contributed by atoms with E-state index in [0.29, 0.717) is 11.2 Å². The monoisotopic (exact) mass is 395 g/mol. The van der Waals surface area contributed by atoms with Crippen molar-refractivity contribution in [2.24, 2.45) is 17.8 Å². The molecule has 0 aromatic rings. The SMILES string of the molecule is CC1=C(SC2CNC(C(O)C3CCN(C)C3)C2)C(C)C2C(C(C)O)C(=O)N12. The van der Waals surface area contributed by atoms with Gasteiger partial charge in [-0.15, -0.1) is 11.8 Å². The number of aliphatic hydroxyl groups is 2. The molecule has 152 valence electrons. The molecule has 0 spiro atoms. The van der Waals surface area contributed by atoms with Crippen LogP contribution in [0.4, 0.5) is 0 Å². The highest BCUT2D eigenvalue weighted by atomic mass is 32.2. The highest BCUT2D eigenvalue weighted by Gasteiger charge is 2.57. The fourth-order valence-corrected chi connectivity index (χ4v) is 7.05. The standard InChI is InChI=1S/C20H33N3O3S/c1-10-17-16(12(3)24)20(26)23(17)11(2)19(10)27-14-7-15(21-8-14)18(25)13-5-6-22(4)9-13/h10,12-18,21,24-25H,5-9H2,1-4H3. The van der Waals surface area contributed by atoms with E-state index in [1.54, 1.807) is 6.92 Å². The van der Waals surface area contributed by atoms with Gasteiger partial charge >= 0.3 is 0 Å². The van der Waals surface area contributed by atoms with Gasteiger partial charge < -0.3 is 25.3 Å². The van der Waals surface area contributed by atoms with E-state index in [9.17, 15) is 15.0 Å². The predicted molar refractivity (Wildman–Crippen MR) is 107 cm³/mol. The number of hydrogen-bond donors (Lipinski definition) is 3. The maximum atomic E-state index is 12.4. The van der Waals surface area contributed by atoms with Gasteiger partial charge in [-0.05, 0) is 40.3 Å². The molecule has 4 heterocycles. The first-order valence-electron chi connectivity index (χ1n) is 10.3. The lowest BCUT2D eigenvalue weighted by Gasteiger charge is -2.46. The number of allylic oxidation sites excluding steroid dienone is 1. The lowest BCUT2D eigenvalue weighted by Crippen LogP contribution is -2.62. The molecule has 4 aliphatic heterocycles. The maximum Gasteiger partial charge on any atom is 0.234 e. The number of carbonyl (C=O) groups excluding carboxylic acids is 1. The largest absolute Gasteiger partial charge is 0.393 e. The van der Waals surface area contributed by atoms with Crippen LogP contribution in [-0.2, 0) is 4.79 Å². The van der Waals surface area contributed by atoms with Crippen LogP contribution in [0.3, 0.4) is 0 Å². The van der Waals surface area contributed by atoms with Crippen LogP contribution in [-0.4, -0.2) is 82.1 Å². The van der Waals surface area contributed by atoms with Gasteiger partial charge in [-0.1, -0.05) is 6.92 Å². The summed E-state index contributed by atoms with van der Waals surface area (Å²) in [5.41, 5.74) is 1.07. The van der Waals surface area contributed by atoms with Crippen LogP contribution in [0.2, 0.25) is 0 Å². The molecular weight excluding hydrogens is 362 g/mol. The lowest BCUT2D eigenvalue weighted by atomic mass is 9.79. The molecule has 1 amide bonds. The quantitative estimate of drug-likeness (QED) is 0.600. The third-order valence-corrected chi connectivity index (χ3v) is 8.71. The highest BCUT2D eigenvalue weighted by molar-refractivity contribution is 8.03. The summed E-state index contributed by atoms with van der Waals surface area (Å²) < 4.78 is 0. The maximum absolute atomic E-state index is 12.4. The average Bonchev–Trinajstić information content (AvgIpc) is 3.28. The first kappa shape index (κ1) is 19.7. The molecule has 7 heteroatoms. The Labute approximate surface area is 166 Å². The molecule has 0 aliphatic carbocycles. The summed E-state index contributed by atoms with van der Waals surface area (Å²) in [5, 5.41) is 24.7. The van der Waals surface area contributed by atoms with Crippen molar-refractivity contribution in [2.75, 3.05) is 26.7 Å². The van der Waals surface area contributed by atoms with Crippen molar-refractivity contribution in [2.45, 2.75) is 63.2 Å². The zero-order valence-electron chi connectivity index (χ0n) is 16.8. The summed E-state index contributed by atoms with van der Waals surface area (Å²) in [4.78, 5) is 17.9. The molecule has 4 rings (SSSR count). The number of nitrogens with zero attached hydrogens (tertiary/aromatic N) is 2. The van der Waals surface area contributed by atoms with Gasteiger partial charge in [0.25, 0.3) is 0 Å². The number of fused-ring (bicyclic) bond motifs is 1. The summed E-state index contributed by atoms with van der Waals surface area (Å²) in [6.07, 6.45) is 1.18. The number of amides is 1. The average molecular weight is 396 g/mol. The van der Waals surface area contributed by atoms with Gasteiger partial charge in [0.1, 0.15) is 0 Å². The number of hydrogen-bond acceptors (Lipinski definition) is 6. The van der Waals surface area contributed by atoms with Crippen molar-refractivity contribution in [3.8, 4) is 0 Å². The second-order valence-corrected chi connectivity index (χ2v) is 10.3. The fourth-order valence-electron chi connectivity index (χ4n) is 5.58. The van der Waals surface area contributed by atoms with Gasteiger partial charge in [0.15, 0.2) is 0 Å². The third-order valence-electron chi connectivity index (χ3n) is 7.09. The van der Waals surface area contributed by atoms with Crippen LogP contribution < -0.4 is 5.32 Å². The Balaban J connectivity index is 1.37. The minimum atomic E-state index is -0.587. The Hall–Kier alpha value is -0.600. The Morgan fingerprint density at radius 3 is 2.70 bits per heavy atom. The second kappa shape index (κ2) is 7.34. The van der Waals surface area contributed by atoms with E-state index in [0.717, 1.165) is 38.2 Å². The van der Waals surface area contributed by atoms with Gasteiger partial charge in [-0.2, -0.15) is 0 Å². The number of likely N-dealkylation sites (tertiary alicyclic amines) is 1. The van der Waals surface area contributed by atoms with Crippen molar-refractivity contribution >= 4 is 17.7 Å². The van der Waals surface area contributed by atoms with E-state index in [-0.39, 0.29) is 35.9 Å². The van der Waals surface area contributed by atoms with Crippen molar-refractivity contribution in [1.29, 1.82) is 0 Å². The van der Waals surface area contributed by atoms with E-state index >= 15 is 0 Å². The number of rotatable bonds is 5. The van der Waals surface area contributed by atoms with E-state index in [2.05, 4.69) is 24.2 Å².